The summed E-state index contributed by atoms with van der Waals surface area (Å²) in [4.78, 5) is 20.5. The molecule has 104 valence electrons. The van der Waals surface area contributed by atoms with Gasteiger partial charge in [-0.3, -0.25) is 20.2 Å². The Morgan fingerprint density at radius 3 is 2.60 bits per heavy atom. The van der Waals surface area contributed by atoms with E-state index in [4.69, 9.17) is 0 Å². The van der Waals surface area contributed by atoms with Crippen LogP contribution in [0, 0.1) is 27.2 Å². The molecular weight excluding hydrogens is 282 g/mol. The zero-order valence-corrected chi connectivity index (χ0v) is 11.3. The summed E-state index contributed by atoms with van der Waals surface area (Å²) in [5, 5.41) is 26.2. The van der Waals surface area contributed by atoms with Crippen molar-refractivity contribution in [3.05, 3.63) is 61.0 Å². The maximum Gasteiger partial charge on any atom is 0.324 e. The number of rotatable bonds is 5. The topological polar surface area (TPSA) is 98.3 Å². The molecule has 8 heteroatoms. The smallest absolute Gasteiger partial charge is 0.324 e. The summed E-state index contributed by atoms with van der Waals surface area (Å²) in [6.07, 6.45) is 0. The van der Waals surface area contributed by atoms with Crippen LogP contribution in [0.5, 0.6) is 0 Å². The minimum atomic E-state index is -0.438. The van der Waals surface area contributed by atoms with Crippen molar-refractivity contribution in [1.82, 2.24) is 0 Å². The van der Waals surface area contributed by atoms with Gasteiger partial charge >= 0.3 is 5.00 Å². The highest BCUT2D eigenvalue weighted by atomic mass is 32.1. The first-order chi connectivity index (χ1) is 9.49. The standard InChI is InChI=1S/C12H11N3O4S/c1-8-10(3-2-4-11(8)14(16)17)13-6-9-5-12(15(18)19)20-7-9/h2-5,7,13H,6H2,1H3. The summed E-state index contributed by atoms with van der Waals surface area (Å²) in [5.41, 5.74) is 2.01. The minimum Gasteiger partial charge on any atom is -0.381 e. The van der Waals surface area contributed by atoms with Crippen molar-refractivity contribution >= 4 is 27.7 Å². The second-order valence-corrected chi connectivity index (χ2v) is 5.00. The molecule has 0 aliphatic carbocycles. The van der Waals surface area contributed by atoms with Crippen molar-refractivity contribution in [2.75, 3.05) is 5.32 Å². The molecule has 0 amide bonds. The van der Waals surface area contributed by atoms with Crippen LogP contribution in [0.4, 0.5) is 16.4 Å². The summed E-state index contributed by atoms with van der Waals surface area (Å²) in [7, 11) is 0. The Bertz CT molecular complexity index is 668. The molecule has 0 aliphatic heterocycles. The van der Waals surface area contributed by atoms with E-state index in [2.05, 4.69) is 5.32 Å². The van der Waals surface area contributed by atoms with E-state index in [1.54, 1.807) is 24.4 Å². The van der Waals surface area contributed by atoms with Crippen LogP contribution in [-0.2, 0) is 6.54 Å². The molecule has 0 atom stereocenters. The van der Waals surface area contributed by atoms with E-state index in [-0.39, 0.29) is 10.7 Å². The van der Waals surface area contributed by atoms with Crippen molar-refractivity contribution < 1.29 is 9.85 Å². The molecule has 0 saturated heterocycles. The van der Waals surface area contributed by atoms with Crippen molar-refractivity contribution in [1.29, 1.82) is 0 Å². The van der Waals surface area contributed by atoms with E-state index >= 15 is 0 Å². The number of thiophene rings is 1. The Labute approximate surface area is 118 Å². The van der Waals surface area contributed by atoms with Gasteiger partial charge in [-0.2, -0.15) is 0 Å². The Balaban J connectivity index is 2.12. The van der Waals surface area contributed by atoms with E-state index in [0.29, 0.717) is 17.8 Å². The zero-order valence-electron chi connectivity index (χ0n) is 10.5. The molecule has 20 heavy (non-hydrogen) atoms. The van der Waals surface area contributed by atoms with Crippen LogP contribution in [0.25, 0.3) is 0 Å². The van der Waals surface area contributed by atoms with Crippen molar-refractivity contribution in [3.63, 3.8) is 0 Å². The summed E-state index contributed by atoms with van der Waals surface area (Å²) in [6, 6.07) is 6.27. The normalized spacial score (nSPS) is 10.2. The van der Waals surface area contributed by atoms with Crippen molar-refractivity contribution in [2.24, 2.45) is 0 Å². The Morgan fingerprint density at radius 1 is 1.25 bits per heavy atom. The second kappa shape index (κ2) is 5.66. The molecule has 0 spiro atoms. The average molecular weight is 293 g/mol. The lowest BCUT2D eigenvalue weighted by Gasteiger charge is -2.08. The van der Waals surface area contributed by atoms with Gasteiger partial charge < -0.3 is 5.32 Å². The molecule has 0 fully saturated rings. The fourth-order valence-electron chi connectivity index (χ4n) is 1.76. The fourth-order valence-corrected chi connectivity index (χ4v) is 2.49. The lowest BCUT2D eigenvalue weighted by Crippen LogP contribution is -2.02. The molecule has 0 bridgehead atoms. The third-order valence-corrected chi connectivity index (χ3v) is 3.73. The minimum absolute atomic E-state index is 0.0475. The number of nitrogens with one attached hydrogen (secondary N) is 1. The molecule has 1 heterocycles. The highest BCUT2D eigenvalue weighted by Crippen LogP contribution is 2.27. The lowest BCUT2D eigenvalue weighted by molar-refractivity contribution is -0.385. The number of nitrogens with zero attached hydrogens (tertiary/aromatic N) is 2. The monoisotopic (exact) mass is 293 g/mol. The summed E-state index contributed by atoms with van der Waals surface area (Å²) >= 11 is 1.06. The molecule has 0 radical (unpaired) electrons. The molecule has 7 nitrogen and oxygen atoms in total. The van der Waals surface area contributed by atoms with Gasteiger partial charge in [0.1, 0.15) is 0 Å². The number of benzene rings is 1. The SMILES string of the molecule is Cc1c(NCc2csc([N+](=O)[O-])c2)cccc1[N+](=O)[O-]. The molecule has 0 aliphatic rings. The molecule has 2 rings (SSSR count). The third-order valence-electron chi connectivity index (χ3n) is 2.80. The number of nitro groups is 2. The van der Waals surface area contributed by atoms with Crippen LogP contribution in [0.3, 0.4) is 0 Å². The maximum atomic E-state index is 10.8. The van der Waals surface area contributed by atoms with Crippen molar-refractivity contribution in [2.45, 2.75) is 13.5 Å². The molecule has 0 saturated carbocycles. The van der Waals surface area contributed by atoms with E-state index in [0.717, 1.165) is 16.9 Å². The van der Waals surface area contributed by atoms with Gasteiger partial charge in [-0.25, -0.2) is 0 Å². The fraction of sp³-hybridized carbons (Fsp3) is 0.167. The summed E-state index contributed by atoms with van der Waals surface area (Å²) < 4.78 is 0. The van der Waals surface area contributed by atoms with E-state index < -0.39 is 9.85 Å². The number of hydrogen-bond donors (Lipinski definition) is 1. The van der Waals surface area contributed by atoms with Crippen LogP contribution < -0.4 is 5.32 Å². The quantitative estimate of drug-likeness (QED) is 0.672. The Hall–Kier alpha value is -2.48. The molecule has 0 unspecified atom stereocenters. The van der Waals surface area contributed by atoms with Gasteiger partial charge in [0.2, 0.25) is 0 Å². The molecular formula is C12H11N3O4S. The zero-order chi connectivity index (χ0) is 14.7. The van der Waals surface area contributed by atoms with Gasteiger partial charge in [-0.05, 0) is 18.6 Å². The van der Waals surface area contributed by atoms with Gasteiger partial charge in [-0.15, -0.1) is 0 Å². The Morgan fingerprint density at radius 2 is 2.00 bits per heavy atom. The number of nitro benzene ring substituents is 1. The molecule has 1 N–H and O–H groups in total. The molecule has 1 aromatic heterocycles. The first-order valence-electron chi connectivity index (χ1n) is 5.68. The van der Waals surface area contributed by atoms with Crippen LogP contribution in [-0.4, -0.2) is 9.85 Å². The van der Waals surface area contributed by atoms with Crippen molar-refractivity contribution in [3.8, 4) is 0 Å². The predicted octanol–water partition coefficient (Wildman–Crippen LogP) is 3.49. The second-order valence-electron chi connectivity index (χ2n) is 4.11. The number of anilines is 1. The van der Waals surface area contributed by atoms with Gasteiger partial charge in [0, 0.05) is 35.3 Å². The van der Waals surface area contributed by atoms with E-state index in [9.17, 15) is 20.2 Å². The van der Waals surface area contributed by atoms with Crippen LogP contribution in [0.2, 0.25) is 0 Å². The van der Waals surface area contributed by atoms with Crippen LogP contribution in [0.1, 0.15) is 11.1 Å². The predicted molar refractivity (Wildman–Crippen MR) is 76.1 cm³/mol. The van der Waals surface area contributed by atoms with Gasteiger partial charge in [0.15, 0.2) is 0 Å². The Kier molecular flexibility index (Phi) is 3.94. The van der Waals surface area contributed by atoms with Gasteiger partial charge in [0.25, 0.3) is 5.69 Å². The first kappa shape index (κ1) is 13.9. The molecule has 1 aromatic carbocycles. The van der Waals surface area contributed by atoms with Crippen LogP contribution in [0.15, 0.2) is 29.6 Å². The highest BCUT2D eigenvalue weighted by Gasteiger charge is 2.14. The van der Waals surface area contributed by atoms with Gasteiger partial charge in [-0.1, -0.05) is 17.4 Å². The third kappa shape index (κ3) is 2.91. The highest BCUT2D eigenvalue weighted by molar-refractivity contribution is 7.13. The van der Waals surface area contributed by atoms with E-state index in [1.165, 1.54) is 12.1 Å². The number of hydrogen-bond acceptors (Lipinski definition) is 6. The van der Waals surface area contributed by atoms with Gasteiger partial charge in [0.05, 0.1) is 9.85 Å². The van der Waals surface area contributed by atoms with E-state index in [1.807, 2.05) is 0 Å². The first-order valence-corrected chi connectivity index (χ1v) is 6.56. The summed E-state index contributed by atoms with van der Waals surface area (Å²) in [5.74, 6) is 0. The van der Waals surface area contributed by atoms with Crippen LogP contribution >= 0.6 is 11.3 Å². The maximum absolute atomic E-state index is 10.8. The lowest BCUT2D eigenvalue weighted by atomic mass is 10.1. The summed E-state index contributed by atoms with van der Waals surface area (Å²) in [6.45, 7) is 2.04. The largest absolute Gasteiger partial charge is 0.381 e. The molecule has 2 aromatic rings. The average Bonchev–Trinajstić information content (AvgIpc) is 2.86.